The number of hydrogen-bond donors (Lipinski definition) is 2. The summed E-state index contributed by atoms with van der Waals surface area (Å²) >= 11 is 0. The number of methoxy groups -OCH3 is 1. The van der Waals surface area contributed by atoms with Crippen LogP contribution in [0.1, 0.15) is 36.2 Å². The zero-order valence-corrected chi connectivity index (χ0v) is 18.9. The number of pyridine rings is 1. The summed E-state index contributed by atoms with van der Waals surface area (Å²) in [6.45, 7) is 7.71. The summed E-state index contributed by atoms with van der Waals surface area (Å²) in [6, 6.07) is 9.88. The number of rotatable bonds is 7. The summed E-state index contributed by atoms with van der Waals surface area (Å²) in [4.78, 5) is 34.0. The van der Waals surface area contributed by atoms with Crippen LogP contribution >= 0.6 is 0 Å². The Hall–Kier alpha value is -3.13. The molecule has 2 aromatic rings. The van der Waals surface area contributed by atoms with Crippen LogP contribution in [0.4, 0.5) is 11.5 Å². The Balaban J connectivity index is 1.45. The Labute approximate surface area is 188 Å². The monoisotopic (exact) mass is 437 g/mol. The van der Waals surface area contributed by atoms with Crippen LogP contribution in [0.25, 0.3) is 0 Å². The van der Waals surface area contributed by atoms with E-state index in [4.69, 9.17) is 4.74 Å². The van der Waals surface area contributed by atoms with E-state index in [2.05, 4.69) is 34.4 Å². The van der Waals surface area contributed by atoms with E-state index in [1.807, 2.05) is 24.3 Å². The molecule has 4 rings (SSSR count). The second kappa shape index (κ2) is 9.56. The highest BCUT2D eigenvalue weighted by Crippen LogP contribution is 2.30. The number of likely N-dealkylation sites (tertiary alicyclic amines) is 1. The molecule has 1 saturated heterocycles. The third-order valence-corrected chi connectivity index (χ3v) is 6.23. The van der Waals surface area contributed by atoms with E-state index in [-0.39, 0.29) is 18.4 Å². The summed E-state index contributed by atoms with van der Waals surface area (Å²) in [7, 11) is 1.62. The first kappa shape index (κ1) is 22.1. The number of hydrogen-bond acceptors (Lipinski definition) is 6. The minimum Gasteiger partial charge on any atom is -0.497 e. The summed E-state index contributed by atoms with van der Waals surface area (Å²) in [6.07, 6.45) is 2.66. The number of aromatic nitrogens is 1. The Morgan fingerprint density at radius 1 is 1.31 bits per heavy atom. The van der Waals surface area contributed by atoms with Crippen molar-refractivity contribution in [1.29, 1.82) is 0 Å². The summed E-state index contributed by atoms with van der Waals surface area (Å²) in [5.74, 6) is 1.61. The molecule has 170 valence electrons. The van der Waals surface area contributed by atoms with Gasteiger partial charge in [0.15, 0.2) is 5.82 Å². The van der Waals surface area contributed by atoms with Gasteiger partial charge in [-0.15, -0.1) is 0 Å². The number of carbonyl (C=O) groups is 2. The van der Waals surface area contributed by atoms with Gasteiger partial charge >= 0.3 is 0 Å². The van der Waals surface area contributed by atoms with Crippen molar-refractivity contribution >= 4 is 23.3 Å². The third kappa shape index (κ3) is 4.85. The van der Waals surface area contributed by atoms with Gasteiger partial charge < -0.3 is 25.2 Å². The summed E-state index contributed by atoms with van der Waals surface area (Å²) in [5.41, 5.74) is 2.05. The fraction of sp³-hybridized carbons (Fsp3) is 0.458. The minimum atomic E-state index is -0.161. The molecule has 8 nitrogen and oxygen atoms in total. The minimum absolute atomic E-state index is 0.0626. The molecule has 32 heavy (non-hydrogen) atoms. The predicted molar refractivity (Wildman–Crippen MR) is 124 cm³/mol. The molecule has 0 radical (unpaired) electrons. The molecule has 1 aromatic heterocycles. The largest absolute Gasteiger partial charge is 0.497 e. The first-order chi connectivity index (χ1) is 15.4. The van der Waals surface area contributed by atoms with Crippen LogP contribution in [-0.4, -0.2) is 61.0 Å². The Bertz CT molecular complexity index is 976. The maximum atomic E-state index is 12.8. The zero-order valence-electron chi connectivity index (χ0n) is 18.9. The van der Waals surface area contributed by atoms with Gasteiger partial charge in [0, 0.05) is 25.3 Å². The number of fused-ring (bicyclic) bond motifs is 1. The number of ether oxygens (including phenoxy) is 1. The van der Waals surface area contributed by atoms with E-state index < -0.39 is 0 Å². The molecule has 8 heteroatoms. The molecular formula is C24H31N5O3. The SMILES string of the molecule is COc1ccc(CN2C(=O)CNc3ncc(C(=O)NCC4CCN(C(C)C)C4)cc32)cc1. The maximum absolute atomic E-state index is 12.8. The van der Waals surface area contributed by atoms with E-state index >= 15 is 0 Å². The van der Waals surface area contributed by atoms with Crippen molar-refractivity contribution in [3.63, 3.8) is 0 Å². The second-order valence-electron chi connectivity index (χ2n) is 8.73. The highest BCUT2D eigenvalue weighted by molar-refractivity contribution is 6.04. The first-order valence-corrected chi connectivity index (χ1v) is 11.1. The summed E-state index contributed by atoms with van der Waals surface area (Å²) in [5, 5.41) is 6.10. The normalized spacial score (nSPS) is 18.4. The molecule has 1 atom stereocenters. The molecule has 1 unspecified atom stereocenters. The fourth-order valence-corrected chi connectivity index (χ4v) is 4.23. The number of nitrogens with one attached hydrogen (secondary N) is 2. The van der Waals surface area contributed by atoms with Gasteiger partial charge in [0.05, 0.1) is 31.5 Å². The molecule has 3 heterocycles. The molecular weight excluding hydrogens is 406 g/mol. The van der Waals surface area contributed by atoms with Gasteiger partial charge in [-0.25, -0.2) is 4.98 Å². The molecule has 2 aliphatic heterocycles. The number of carbonyl (C=O) groups excluding carboxylic acids is 2. The van der Waals surface area contributed by atoms with Gasteiger partial charge in [-0.2, -0.15) is 0 Å². The predicted octanol–water partition coefficient (Wildman–Crippen LogP) is 2.51. The quantitative estimate of drug-likeness (QED) is 0.692. The molecule has 2 amide bonds. The van der Waals surface area contributed by atoms with Crippen LogP contribution in [0, 0.1) is 5.92 Å². The van der Waals surface area contributed by atoms with Crippen molar-refractivity contribution in [1.82, 2.24) is 15.2 Å². The van der Waals surface area contributed by atoms with Gasteiger partial charge in [0.1, 0.15) is 5.75 Å². The number of anilines is 2. The summed E-state index contributed by atoms with van der Waals surface area (Å²) < 4.78 is 5.21. The highest BCUT2D eigenvalue weighted by atomic mass is 16.5. The van der Waals surface area contributed by atoms with E-state index in [1.54, 1.807) is 24.3 Å². The van der Waals surface area contributed by atoms with Crippen LogP contribution in [0.5, 0.6) is 5.75 Å². The van der Waals surface area contributed by atoms with Gasteiger partial charge in [-0.1, -0.05) is 12.1 Å². The van der Waals surface area contributed by atoms with Gasteiger partial charge in [-0.05, 0) is 56.5 Å². The van der Waals surface area contributed by atoms with E-state index in [0.717, 1.165) is 30.8 Å². The van der Waals surface area contributed by atoms with Crippen LogP contribution < -0.4 is 20.3 Å². The van der Waals surface area contributed by atoms with Crippen molar-refractivity contribution in [3.05, 3.63) is 47.7 Å². The maximum Gasteiger partial charge on any atom is 0.252 e. The van der Waals surface area contributed by atoms with E-state index in [9.17, 15) is 9.59 Å². The molecule has 1 aromatic carbocycles. The topological polar surface area (TPSA) is 86.8 Å². The van der Waals surface area contributed by atoms with Crippen molar-refractivity contribution in [2.45, 2.75) is 32.9 Å². The van der Waals surface area contributed by atoms with Crippen LogP contribution in [0.2, 0.25) is 0 Å². The smallest absolute Gasteiger partial charge is 0.252 e. The molecule has 0 bridgehead atoms. The average Bonchev–Trinajstić information content (AvgIpc) is 3.29. The Morgan fingerprint density at radius 2 is 2.09 bits per heavy atom. The fourth-order valence-electron chi connectivity index (χ4n) is 4.23. The molecule has 0 spiro atoms. The van der Waals surface area contributed by atoms with Crippen molar-refractivity contribution < 1.29 is 14.3 Å². The van der Waals surface area contributed by atoms with Gasteiger partial charge in [-0.3, -0.25) is 9.59 Å². The van der Waals surface area contributed by atoms with E-state index in [0.29, 0.717) is 42.1 Å². The Morgan fingerprint density at radius 3 is 2.78 bits per heavy atom. The molecule has 2 N–H and O–H groups in total. The standard InChI is InChI=1S/C24H31N5O3/c1-16(2)28-9-8-18(14-28)11-27-24(31)19-10-21-23(25-12-19)26-13-22(30)29(21)15-17-4-6-20(32-3)7-5-17/h4-7,10,12,16,18H,8-9,11,13-15H2,1-3H3,(H,25,26)(H,27,31). The Kier molecular flexibility index (Phi) is 6.60. The van der Waals surface area contributed by atoms with Crippen molar-refractivity contribution in [2.75, 3.05) is 43.5 Å². The lowest BCUT2D eigenvalue weighted by Gasteiger charge is -2.30. The van der Waals surface area contributed by atoms with Crippen molar-refractivity contribution in [3.8, 4) is 5.75 Å². The lowest BCUT2D eigenvalue weighted by Crippen LogP contribution is -2.40. The first-order valence-electron chi connectivity index (χ1n) is 11.1. The molecule has 2 aliphatic rings. The average molecular weight is 438 g/mol. The lowest BCUT2D eigenvalue weighted by molar-refractivity contribution is -0.117. The van der Waals surface area contributed by atoms with Gasteiger partial charge in [0.25, 0.3) is 5.91 Å². The molecule has 1 fully saturated rings. The second-order valence-corrected chi connectivity index (χ2v) is 8.73. The number of amides is 2. The van der Waals surface area contributed by atoms with Crippen LogP contribution in [-0.2, 0) is 11.3 Å². The zero-order chi connectivity index (χ0) is 22.7. The lowest BCUT2D eigenvalue weighted by atomic mass is 10.1. The van der Waals surface area contributed by atoms with Gasteiger partial charge in [0.2, 0.25) is 5.91 Å². The molecule has 0 saturated carbocycles. The van der Waals surface area contributed by atoms with Crippen LogP contribution in [0.3, 0.4) is 0 Å². The van der Waals surface area contributed by atoms with E-state index in [1.165, 1.54) is 0 Å². The molecule has 0 aliphatic carbocycles. The van der Waals surface area contributed by atoms with Crippen molar-refractivity contribution in [2.24, 2.45) is 5.92 Å². The van der Waals surface area contributed by atoms with Crippen LogP contribution in [0.15, 0.2) is 36.5 Å². The number of nitrogens with zero attached hydrogens (tertiary/aromatic N) is 3. The highest BCUT2D eigenvalue weighted by Gasteiger charge is 2.27. The third-order valence-electron chi connectivity index (χ3n) is 6.23. The number of benzene rings is 1.